The van der Waals surface area contributed by atoms with Gasteiger partial charge in [0.25, 0.3) is 21.7 Å². The summed E-state index contributed by atoms with van der Waals surface area (Å²) in [5.41, 5.74) is -0.606. The van der Waals surface area contributed by atoms with Crippen LogP contribution in [-0.4, -0.2) is 52.5 Å². The predicted molar refractivity (Wildman–Crippen MR) is 167 cm³/mol. The summed E-state index contributed by atoms with van der Waals surface area (Å²) in [6.07, 6.45) is 3.13. The van der Waals surface area contributed by atoms with Gasteiger partial charge in [-0.1, -0.05) is 23.2 Å². The molecule has 5 rings (SSSR count). The van der Waals surface area contributed by atoms with Crippen molar-refractivity contribution in [1.29, 1.82) is 0 Å². The second-order valence-electron chi connectivity index (χ2n) is 10.2. The summed E-state index contributed by atoms with van der Waals surface area (Å²) in [6.45, 7) is 1.90. The first-order chi connectivity index (χ1) is 20.7. The van der Waals surface area contributed by atoms with Gasteiger partial charge in [-0.2, -0.15) is 13.5 Å². The van der Waals surface area contributed by atoms with Crippen LogP contribution in [0.1, 0.15) is 42.1 Å². The zero-order chi connectivity index (χ0) is 31.9. The molecule has 17 heteroatoms. The topological polar surface area (TPSA) is 184 Å². The van der Waals surface area contributed by atoms with Crippen molar-refractivity contribution < 1.29 is 27.5 Å². The highest BCUT2D eigenvalue weighted by Crippen LogP contribution is 2.36. The fourth-order valence-electron chi connectivity index (χ4n) is 4.79. The van der Waals surface area contributed by atoms with Gasteiger partial charge in [-0.25, -0.2) is 9.99 Å². The largest absolute Gasteiger partial charge is 0.349 e. The molecular weight excluding hydrogens is 703 g/mol. The van der Waals surface area contributed by atoms with E-state index >= 15 is 0 Å². The van der Waals surface area contributed by atoms with E-state index in [-0.39, 0.29) is 50.9 Å². The van der Waals surface area contributed by atoms with Crippen LogP contribution >= 0.6 is 39.1 Å². The molecule has 2 amide bonds. The number of non-ortho nitro benzene ring substituents is 1. The van der Waals surface area contributed by atoms with Crippen LogP contribution in [0.3, 0.4) is 0 Å². The SMILES string of the molecule is CC(NC(=O)c1cc(Cl)cc(Br)c1NC(=O)C1CC(c2cc([N+](=O)[O-])ccc2S(=O)(=O)O)=NN1c1ncccc1Cl)C1CC1. The van der Waals surface area contributed by atoms with E-state index in [0.717, 1.165) is 36.0 Å². The van der Waals surface area contributed by atoms with Gasteiger partial charge in [0.1, 0.15) is 10.9 Å². The number of nitro benzene ring substituents is 1. The van der Waals surface area contributed by atoms with Gasteiger partial charge in [0.2, 0.25) is 5.91 Å². The first kappa shape index (κ1) is 31.8. The number of benzene rings is 2. The molecule has 0 radical (unpaired) electrons. The zero-order valence-corrected chi connectivity index (χ0v) is 26.6. The Balaban J connectivity index is 1.55. The number of carbonyl (C=O) groups is 2. The average Bonchev–Trinajstić information content (AvgIpc) is 3.72. The van der Waals surface area contributed by atoms with Crippen LogP contribution in [0, 0.1) is 16.0 Å². The molecule has 230 valence electrons. The van der Waals surface area contributed by atoms with E-state index < -0.39 is 43.5 Å². The summed E-state index contributed by atoms with van der Waals surface area (Å²) in [7, 11) is -4.85. The van der Waals surface area contributed by atoms with Gasteiger partial charge in [0.15, 0.2) is 5.82 Å². The maximum Gasteiger partial charge on any atom is 0.295 e. The van der Waals surface area contributed by atoms with Gasteiger partial charge >= 0.3 is 0 Å². The van der Waals surface area contributed by atoms with Gasteiger partial charge in [-0.15, -0.1) is 0 Å². The molecule has 1 fully saturated rings. The number of amides is 2. The monoisotopic (exact) mass is 724 g/mol. The van der Waals surface area contributed by atoms with Crippen molar-refractivity contribution in [3.63, 3.8) is 0 Å². The molecule has 3 aromatic rings. The molecule has 2 atom stereocenters. The highest BCUT2D eigenvalue weighted by atomic mass is 79.9. The van der Waals surface area contributed by atoms with E-state index in [2.05, 4.69) is 36.6 Å². The van der Waals surface area contributed by atoms with Crippen LogP contribution in [0.5, 0.6) is 0 Å². The minimum atomic E-state index is -4.85. The average molecular weight is 726 g/mol. The fourth-order valence-corrected chi connectivity index (χ4v) is 6.60. The second-order valence-corrected chi connectivity index (χ2v) is 13.3. The lowest BCUT2D eigenvalue weighted by atomic mass is 10.0. The minimum absolute atomic E-state index is 0.0366. The van der Waals surface area contributed by atoms with Crippen molar-refractivity contribution in [1.82, 2.24) is 10.3 Å². The van der Waals surface area contributed by atoms with Gasteiger partial charge in [0.05, 0.1) is 26.9 Å². The predicted octanol–water partition coefficient (Wildman–Crippen LogP) is 5.46. The minimum Gasteiger partial charge on any atom is -0.349 e. The van der Waals surface area contributed by atoms with Gasteiger partial charge < -0.3 is 10.6 Å². The number of anilines is 2. The van der Waals surface area contributed by atoms with Crippen molar-refractivity contribution in [2.24, 2.45) is 11.0 Å². The number of nitro groups is 1. The van der Waals surface area contributed by atoms with Crippen LogP contribution in [-0.2, 0) is 14.9 Å². The van der Waals surface area contributed by atoms with E-state index in [1.807, 2.05) is 6.92 Å². The normalized spacial score (nSPS) is 17.2. The van der Waals surface area contributed by atoms with E-state index in [9.17, 15) is 32.7 Å². The van der Waals surface area contributed by atoms with Crippen molar-refractivity contribution in [2.75, 3.05) is 10.3 Å². The maximum absolute atomic E-state index is 13.9. The maximum atomic E-state index is 13.9. The van der Waals surface area contributed by atoms with Gasteiger partial charge in [0, 0.05) is 45.9 Å². The third kappa shape index (κ3) is 6.71. The van der Waals surface area contributed by atoms with E-state index in [4.69, 9.17) is 23.2 Å². The Morgan fingerprint density at radius 3 is 2.57 bits per heavy atom. The number of hydrazone groups is 1. The lowest BCUT2D eigenvalue weighted by Crippen LogP contribution is -2.40. The number of pyridine rings is 1. The van der Waals surface area contributed by atoms with Crippen molar-refractivity contribution >= 4 is 84.0 Å². The molecule has 2 aliphatic rings. The number of halogens is 3. The molecule has 1 saturated carbocycles. The smallest absolute Gasteiger partial charge is 0.295 e. The molecule has 1 aliphatic heterocycles. The van der Waals surface area contributed by atoms with Crippen molar-refractivity contribution in [2.45, 2.75) is 43.2 Å². The first-order valence-electron chi connectivity index (χ1n) is 13.1. The van der Waals surface area contributed by atoms with Crippen LogP contribution in [0.25, 0.3) is 0 Å². The lowest BCUT2D eigenvalue weighted by Gasteiger charge is -2.23. The van der Waals surface area contributed by atoms with E-state index in [1.165, 1.54) is 24.4 Å². The second kappa shape index (κ2) is 12.4. The number of carbonyl (C=O) groups excluding carboxylic acids is 2. The Morgan fingerprint density at radius 1 is 1.20 bits per heavy atom. The molecule has 2 unspecified atom stereocenters. The summed E-state index contributed by atoms with van der Waals surface area (Å²) in [5.74, 6) is -0.747. The molecule has 0 spiro atoms. The lowest BCUT2D eigenvalue weighted by molar-refractivity contribution is -0.384. The van der Waals surface area contributed by atoms with Crippen LogP contribution in [0.2, 0.25) is 10.0 Å². The highest BCUT2D eigenvalue weighted by molar-refractivity contribution is 9.10. The first-order valence-corrected chi connectivity index (χ1v) is 16.1. The van der Waals surface area contributed by atoms with Crippen molar-refractivity contribution in [3.8, 4) is 0 Å². The fraction of sp³-hybridized carbons (Fsp3) is 0.259. The summed E-state index contributed by atoms with van der Waals surface area (Å²) in [6, 6.07) is 7.41. The van der Waals surface area contributed by atoms with Crippen LogP contribution in [0.15, 0.2) is 63.1 Å². The standard InChI is InChI=1S/C27H23BrCl2N6O7S/c1-13(14-4-5-14)32-26(37)18-9-15(29)10-19(28)24(18)33-27(38)22-12-21(34-35(22)25-20(30)3-2-8-31-25)17-11-16(36(39)40)6-7-23(17)44(41,42)43/h2-3,6-11,13-14,22H,4-5,12H2,1H3,(H,32,37)(H,33,38)(H,41,42,43). The summed E-state index contributed by atoms with van der Waals surface area (Å²) in [4.78, 5) is 41.5. The Morgan fingerprint density at radius 2 is 1.93 bits per heavy atom. The van der Waals surface area contributed by atoms with E-state index in [0.29, 0.717) is 10.4 Å². The number of hydrogen-bond donors (Lipinski definition) is 3. The molecule has 0 saturated heterocycles. The zero-order valence-electron chi connectivity index (χ0n) is 22.7. The molecular formula is C27H23BrCl2N6O7S. The summed E-state index contributed by atoms with van der Waals surface area (Å²) < 4.78 is 34.6. The number of hydrogen-bond acceptors (Lipinski definition) is 9. The van der Waals surface area contributed by atoms with Crippen LogP contribution < -0.4 is 15.6 Å². The third-order valence-corrected chi connectivity index (χ3v) is 9.22. The molecule has 2 heterocycles. The van der Waals surface area contributed by atoms with E-state index in [1.54, 1.807) is 6.07 Å². The molecule has 0 bridgehead atoms. The quantitative estimate of drug-likeness (QED) is 0.147. The summed E-state index contributed by atoms with van der Waals surface area (Å²) >= 11 is 16.0. The number of aromatic nitrogens is 1. The Labute approximate surface area is 269 Å². The molecule has 1 aliphatic carbocycles. The Hall–Kier alpha value is -3.63. The number of nitrogens with one attached hydrogen (secondary N) is 2. The van der Waals surface area contributed by atoms with Crippen molar-refractivity contribution in [3.05, 3.63) is 84.4 Å². The number of nitrogens with zero attached hydrogens (tertiary/aromatic N) is 4. The van der Waals surface area contributed by atoms with Crippen LogP contribution in [0.4, 0.5) is 17.2 Å². The molecule has 44 heavy (non-hydrogen) atoms. The summed E-state index contributed by atoms with van der Waals surface area (Å²) in [5, 5.41) is 23.1. The van der Waals surface area contributed by atoms with Gasteiger partial charge in [-0.05, 0) is 71.9 Å². The molecule has 3 N–H and O–H groups in total. The number of rotatable bonds is 9. The third-order valence-electron chi connectivity index (χ3n) is 7.17. The molecule has 1 aromatic heterocycles. The molecule has 13 nitrogen and oxygen atoms in total. The Kier molecular flexibility index (Phi) is 8.96. The Bertz CT molecular complexity index is 1840. The highest BCUT2D eigenvalue weighted by Gasteiger charge is 2.39. The van der Waals surface area contributed by atoms with Gasteiger partial charge in [-0.3, -0.25) is 24.3 Å². The molecule has 2 aromatic carbocycles.